The highest BCUT2D eigenvalue weighted by molar-refractivity contribution is 5.74. The third-order valence-corrected chi connectivity index (χ3v) is 5.81. The molecular formula is C17H31N3O. The van der Waals surface area contributed by atoms with E-state index in [0.29, 0.717) is 18.1 Å². The summed E-state index contributed by atoms with van der Waals surface area (Å²) < 4.78 is 0. The van der Waals surface area contributed by atoms with Crippen LogP contribution in [0.15, 0.2) is 0 Å². The van der Waals surface area contributed by atoms with Crippen molar-refractivity contribution in [3.8, 4) is 0 Å². The van der Waals surface area contributed by atoms with Crippen LogP contribution in [-0.4, -0.2) is 60.0 Å². The highest BCUT2D eigenvalue weighted by Crippen LogP contribution is 2.33. The van der Waals surface area contributed by atoms with E-state index in [1.165, 1.54) is 58.2 Å². The molecule has 3 fully saturated rings. The molecule has 3 atom stereocenters. The Hall–Kier alpha value is -0.610. The molecule has 1 amide bonds. The second-order valence-corrected chi connectivity index (χ2v) is 7.34. The zero-order valence-corrected chi connectivity index (χ0v) is 13.7. The molecule has 0 radical (unpaired) electrons. The predicted molar refractivity (Wildman–Crippen MR) is 85.2 cm³/mol. The van der Waals surface area contributed by atoms with Crippen LogP contribution in [0.25, 0.3) is 0 Å². The number of nitrogens with one attached hydrogen (secondary N) is 1. The van der Waals surface area contributed by atoms with Crippen molar-refractivity contribution in [1.82, 2.24) is 15.1 Å². The molecule has 0 aromatic heterocycles. The van der Waals surface area contributed by atoms with E-state index < -0.39 is 0 Å². The Labute approximate surface area is 129 Å². The van der Waals surface area contributed by atoms with Crippen molar-refractivity contribution in [2.45, 2.75) is 70.5 Å². The van der Waals surface area contributed by atoms with E-state index >= 15 is 0 Å². The maximum Gasteiger partial charge on any atom is 0.220 e. The van der Waals surface area contributed by atoms with Crippen LogP contribution in [0, 0.1) is 5.92 Å². The lowest BCUT2D eigenvalue weighted by Gasteiger charge is -2.53. The molecule has 3 rings (SSSR count). The number of rotatable bonds is 2. The van der Waals surface area contributed by atoms with Gasteiger partial charge in [-0.05, 0) is 51.6 Å². The normalized spacial score (nSPS) is 35.5. The number of hydrogen-bond donors (Lipinski definition) is 1. The summed E-state index contributed by atoms with van der Waals surface area (Å²) in [6.45, 7) is 8.68. The van der Waals surface area contributed by atoms with E-state index in [0.717, 1.165) is 12.5 Å². The van der Waals surface area contributed by atoms with Gasteiger partial charge in [0.25, 0.3) is 0 Å². The largest absolute Gasteiger partial charge is 0.334 e. The zero-order chi connectivity index (χ0) is 14.8. The molecule has 0 spiro atoms. The molecule has 1 saturated carbocycles. The third kappa shape index (κ3) is 3.26. The Morgan fingerprint density at radius 2 is 1.76 bits per heavy atom. The Morgan fingerprint density at radius 1 is 1.10 bits per heavy atom. The minimum Gasteiger partial charge on any atom is -0.334 e. The lowest BCUT2D eigenvalue weighted by Crippen LogP contribution is -2.65. The number of carbonyl (C=O) groups excluding carboxylic acids is 1. The highest BCUT2D eigenvalue weighted by atomic mass is 16.2. The fourth-order valence-corrected chi connectivity index (χ4v) is 4.88. The number of carbonyl (C=O) groups is 1. The SMILES string of the molecule is CC(=O)N1C2CCCCC2N(CC2CCNCC2)C[C@@H]1C. The van der Waals surface area contributed by atoms with Crippen LogP contribution >= 0.6 is 0 Å². The number of nitrogens with zero attached hydrogens (tertiary/aromatic N) is 2. The standard InChI is InChI=1S/C17H31N3O/c1-13-11-19(12-15-7-9-18-10-8-15)16-5-3-4-6-17(16)20(13)14(2)21/h13,15-18H,3-12H2,1-2H3/t13-,16?,17?/m0/s1. The van der Waals surface area contributed by atoms with E-state index in [-0.39, 0.29) is 5.91 Å². The number of hydrogen-bond acceptors (Lipinski definition) is 3. The van der Waals surface area contributed by atoms with Crippen molar-refractivity contribution < 1.29 is 4.79 Å². The lowest BCUT2D eigenvalue weighted by molar-refractivity contribution is -0.142. The molecule has 0 bridgehead atoms. The second-order valence-electron chi connectivity index (χ2n) is 7.34. The van der Waals surface area contributed by atoms with Gasteiger partial charge in [-0.2, -0.15) is 0 Å². The summed E-state index contributed by atoms with van der Waals surface area (Å²) in [5, 5.41) is 3.47. The summed E-state index contributed by atoms with van der Waals surface area (Å²) in [5.74, 6) is 1.13. The van der Waals surface area contributed by atoms with Gasteiger partial charge in [0, 0.05) is 38.1 Å². The van der Waals surface area contributed by atoms with Gasteiger partial charge >= 0.3 is 0 Å². The fourth-order valence-electron chi connectivity index (χ4n) is 4.88. The predicted octanol–water partition coefficient (Wildman–Crippen LogP) is 1.85. The summed E-state index contributed by atoms with van der Waals surface area (Å²) in [4.78, 5) is 17.0. The first-order chi connectivity index (χ1) is 10.2. The van der Waals surface area contributed by atoms with Crippen LogP contribution < -0.4 is 5.32 Å². The lowest BCUT2D eigenvalue weighted by atomic mass is 9.83. The van der Waals surface area contributed by atoms with Gasteiger partial charge in [0.15, 0.2) is 0 Å². The van der Waals surface area contributed by atoms with Gasteiger partial charge in [-0.3, -0.25) is 9.69 Å². The average Bonchev–Trinajstić information content (AvgIpc) is 2.48. The van der Waals surface area contributed by atoms with Crippen LogP contribution in [0.4, 0.5) is 0 Å². The fraction of sp³-hybridized carbons (Fsp3) is 0.941. The quantitative estimate of drug-likeness (QED) is 0.844. The van der Waals surface area contributed by atoms with Gasteiger partial charge in [-0.25, -0.2) is 0 Å². The average molecular weight is 293 g/mol. The monoisotopic (exact) mass is 293 g/mol. The maximum absolute atomic E-state index is 12.1. The van der Waals surface area contributed by atoms with Crippen molar-refractivity contribution in [3.63, 3.8) is 0 Å². The summed E-state index contributed by atoms with van der Waals surface area (Å²) in [7, 11) is 0. The first-order valence-electron chi connectivity index (χ1n) is 8.90. The van der Waals surface area contributed by atoms with Gasteiger partial charge in [-0.1, -0.05) is 12.8 Å². The van der Waals surface area contributed by atoms with E-state index in [4.69, 9.17) is 0 Å². The van der Waals surface area contributed by atoms with Crippen molar-refractivity contribution in [2.75, 3.05) is 26.2 Å². The molecule has 4 nitrogen and oxygen atoms in total. The molecule has 0 aromatic rings. The molecule has 21 heavy (non-hydrogen) atoms. The van der Waals surface area contributed by atoms with Crippen LogP contribution in [0.1, 0.15) is 52.4 Å². The van der Waals surface area contributed by atoms with Gasteiger partial charge in [0.1, 0.15) is 0 Å². The minimum atomic E-state index is 0.279. The van der Waals surface area contributed by atoms with Gasteiger partial charge in [-0.15, -0.1) is 0 Å². The molecule has 2 aliphatic heterocycles. The van der Waals surface area contributed by atoms with Crippen molar-refractivity contribution in [2.24, 2.45) is 5.92 Å². The smallest absolute Gasteiger partial charge is 0.220 e. The Kier molecular flexibility index (Phi) is 4.85. The zero-order valence-electron chi connectivity index (χ0n) is 13.7. The second kappa shape index (κ2) is 6.66. The number of amides is 1. The summed E-state index contributed by atoms with van der Waals surface area (Å²) in [6, 6.07) is 1.47. The first-order valence-corrected chi connectivity index (χ1v) is 8.90. The number of fused-ring (bicyclic) bond motifs is 1. The van der Waals surface area contributed by atoms with Gasteiger partial charge < -0.3 is 10.2 Å². The molecule has 1 aliphatic carbocycles. The molecular weight excluding hydrogens is 262 g/mol. The van der Waals surface area contributed by atoms with Gasteiger partial charge in [0.05, 0.1) is 0 Å². The van der Waals surface area contributed by atoms with Crippen LogP contribution in [0.3, 0.4) is 0 Å². The van der Waals surface area contributed by atoms with E-state index in [9.17, 15) is 4.79 Å². The third-order valence-electron chi connectivity index (χ3n) is 5.81. The Morgan fingerprint density at radius 3 is 2.43 bits per heavy atom. The summed E-state index contributed by atoms with van der Waals surface area (Å²) >= 11 is 0. The molecule has 120 valence electrons. The summed E-state index contributed by atoms with van der Waals surface area (Å²) in [6.07, 6.45) is 7.75. The molecule has 2 saturated heterocycles. The maximum atomic E-state index is 12.1. The van der Waals surface area contributed by atoms with Crippen molar-refractivity contribution in [1.29, 1.82) is 0 Å². The van der Waals surface area contributed by atoms with Crippen molar-refractivity contribution >= 4 is 5.91 Å². The van der Waals surface area contributed by atoms with Crippen LogP contribution in [-0.2, 0) is 4.79 Å². The molecule has 0 aromatic carbocycles. The highest BCUT2D eigenvalue weighted by Gasteiger charge is 2.42. The summed E-state index contributed by atoms with van der Waals surface area (Å²) in [5.41, 5.74) is 0. The molecule has 1 N–H and O–H groups in total. The van der Waals surface area contributed by atoms with Crippen molar-refractivity contribution in [3.05, 3.63) is 0 Å². The molecule has 2 heterocycles. The Balaban J connectivity index is 1.70. The van der Waals surface area contributed by atoms with Crippen LogP contribution in [0.2, 0.25) is 0 Å². The van der Waals surface area contributed by atoms with Gasteiger partial charge in [0.2, 0.25) is 5.91 Å². The first kappa shape index (κ1) is 15.3. The van der Waals surface area contributed by atoms with Crippen LogP contribution in [0.5, 0.6) is 0 Å². The Bertz CT molecular complexity index is 367. The van der Waals surface area contributed by atoms with E-state index in [2.05, 4.69) is 22.0 Å². The molecule has 3 aliphatic rings. The number of piperidine rings is 1. The van der Waals surface area contributed by atoms with E-state index in [1.807, 2.05) is 0 Å². The topological polar surface area (TPSA) is 35.6 Å². The molecule has 4 heteroatoms. The van der Waals surface area contributed by atoms with E-state index in [1.54, 1.807) is 6.92 Å². The molecule has 2 unspecified atom stereocenters. The number of piperazine rings is 1. The minimum absolute atomic E-state index is 0.279.